The molecule has 0 fully saturated rings. The Labute approximate surface area is 173 Å². The van der Waals surface area contributed by atoms with Gasteiger partial charge in [-0.05, 0) is 11.6 Å². The lowest BCUT2D eigenvalue weighted by Crippen LogP contribution is -2.73. The molecule has 33 heavy (non-hydrogen) atoms. The van der Waals surface area contributed by atoms with Gasteiger partial charge in [0.05, 0.1) is 11.4 Å². The molecule has 0 aliphatic carbocycles. The van der Waals surface area contributed by atoms with Crippen molar-refractivity contribution in [2.45, 2.75) is 41.7 Å². The van der Waals surface area contributed by atoms with E-state index in [-0.39, 0.29) is 5.56 Å². The molecule has 0 saturated carbocycles. The maximum atomic E-state index is 13.9. The van der Waals surface area contributed by atoms with E-state index in [0.717, 1.165) is 24.3 Å². The first-order valence-electron chi connectivity index (χ1n) is 7.86. The Kier molecular flexibility index (Phi) is 6.89. The molecule has 0 aliphatic heterocycles. The summed E-state index contributed by atoms with van der Waals surface area (Å²) in [6.07, 6.45) is -8.13. The van der Waals surface area contributed by atoms with Crippen LogP contribution in [0.1, 0.15) is 5.56 Å². The molecular formula is C16H9F15N2. The van der Waals surface area contributed by atoms with Crippen LogP contribution in [0.15, 0.2) is 42.1 Å². The van der Waals surface area contributed by atoms with Crippen molar-refractivity contribution in [3.63, 3.8) is 0 Å². The van der Waals surface area contributed by atoms with E-state index in [4.69, 9.17) is 5.41 Å². The van der Waals surface area contributed by atoms with Gasteiger partial charge in [-0.15, -0.1) is 0 Å². The van der Waals surface area contributed by atoms with Gasteiger partial charge in [0.2, 0.25) is 0 Å². The molecule has 0 bridgehead atoms. The predicted octanol–water partition coefficient (Wildman–Crippen LogP) is 6.27. The van der Waals surface area contributed by atoms with Crippen LogP contribution in [0.4, 0.5) is 65.9 Å². The largest absolute Gasteiger partial charge is 0.460 e. The van der Waals surface area contributed by atoms with Crippen LogP contribution in [0, 0.1) is 5.41 Å². The molecule has 1 aromatic rings. The number of hydrogen-bond acceptors (Lipinski definition) is 2. The standard InChI is InChI=1S/C16H9F15N2/c17-10(18,9(33)6-8(32)7-4-2-1-3-5-7)11(19,20)12(21,22)13(23,24)14(25,26)15(27,28)16(29,30)31/h1-6,32H,33H2/b9-6-,32-8?. The summed E-state index contributed by atoms with van der Waals surface area (Å²) in [5.41, 5.74) is 0.118. The summed E-state index contributed by atoms with van der Waals surface area (Å²) in [5.74, 6) is -47.5. The highest BCUT2D eigenvalue weighted by atomic mass is 19.4. The van der Waals surface area contributed by atoms with Crippen molar-refractivity contribution in [2.24, 2.45) is 5.73 Å². The van der Waals surface area contributed by atoms with Crippen LogP contribution < -0.4 is 5.73 Å². The second-order valence-electron chi connectivity index (χ2n) is 6.32. The van der Waals surface area contributed by atoms with Gasteiger partial charge >= 0.3 is 41.7 Å². The lowest BCUT2D eigenvalue weighted by Gasteiger charge is -2.41. The van der Waals surface area contributed by atoms with Gasteiger partial charge in [0.25, 0.3) is 0 Å². The average Bonchev–Trinajstić information content (AvgIpc) is 2.66. The van der Waals surface area contributed by atoms with E-state index >= 15 is 0 Å². The lowest BCUT2D eigenvalue weighted by atomic mass is 9.90. The molecule has 17 heteroatoms. The number of alkyl halides is 15. The quantitative estimate of drug-likeness (QED) is 0.312. The summed E-state index contributed by atoms with van der Waals surface area (Å²) < 4.78 is 197. The van der Waals surface area contributed by atoms with E-state index in [1.54, 1.807) is 0 Å². The number of allylic oxidation sites excluding steroid dienone is 2. The number of rotatable bonds is 8. The van der Waals surface area contributed by atoms with Gasteiger partial charge in [-0.2, -0.15) is 65.9 Å². The fourth-order valence-corrected chi connectivity index (χ4v) is 2.10. The van der Waals surface area contributed by atoms with E-state index in [1.807, 2.05) is 0 Å². The molecule has 0 aliphatic rings. The van der Waals surface area contributed by atoms with Gasteiger partial charge in [-0.3, -0.25) is 0 Å². The van der Waals surface area contributed by atoms with E-state index < -0.39 is 59.2 Å². The molecule has 0 spiro atoms. The molecule has 0 unspecified atom stereocenters. The van der Waals surface area contributed by atoms with Crippen LogP contribution in [0.25, 0.3) is 0 Å². The maximum Gasteiger partial charge on any atom is 0.460 e. The van der Waals surface area contributed by atoms with Crippen molar-refractivity contribution in [3.05, 3.63) is 47.7 Å². The summed E-state index contributed by atoms with van der Waals surface area (Å²) in [6.45, 7) is 0. The smallest absolute Gasteiger partial charge is 0.397 e. The number of benzene rings is 1. The first kappa shape index (κ1) is 28.4. The third kappa shape index (κ3) is 4.09. The van der Waals surface area contributed by atoms with Crippen LogP contribution in [0.3, 0.4) is 0 Å². The Morgan fingerprint density at radius 3 is 1.36 bits per heavy atom. The van der Waals surface area contributed by atoms with Crippen LogP contribution in [-0.2, 0) is 0 Å². The third-order valence-electron chi connectivity index (χ3n) is 4.07. The normalized spacial score (nSPS) is 15.5. The van der Waals surface area contributed by atoms with Crippen molar-refractivity contribution in [2.75, 3.05) is 0 Å². The minimum Gasteiger partial charge on any atom is -0.397 e. The number of nitrogens with two attached hydrogens (primary N) is 1. The number of hydrogen-bond donors (Lipinski definition) is 2. The van der Waals surface area contributed by atoms with Gasteiger partial charge in [0.15, 0.2) is 0 Å². The summed E-state index contributed by atoms with van der Waals surface area (Å²) in [6, 6.07) is 5.60. The summed E-state index contributed by atoms with van der Waals surface area (Å²) in [4.78, 5) is 0. The lowest BCUT2D eigenvalue weighted by molar-refractivity contribution is -0.450. The van der Waals surface area contributed by atoms with Gasteiger partial charge in [0.1, 0.15) is 0 Å². The van der Waals surface area contributed by atoms with Gasteiger partial charge in [-0.25, -0.2) is 0 Å². The molecular weight excluding hydrogens is 505 g/mol. The summed E-state index contributed by atoms with van der Waals surface area (Å²) in [5, 5.41) is 7.36. The number of halogens is 15. The molecule has 3 N–H and O–H groups in total. The van der Waals surface area contributed by atoms with Crippen molar-refractivity contribution in [1.82, 2.24) is 0 Å². The van der Waals surface area contributed by atoms with Crippen molar-refractivity contribution < 1.29 is 65.9 Å². The molecule has 188 valence electrons. The van der Waals surface area contributed by atoms with Crippen molar-refractivity contribution in [1.29, 1.82) is 5.41 Å². The van der Waals surface area contributed by atoms with E-state index in [0.29, 0.717) is 0 Å². The summed E-state index contributed by atoms with van der Waals surface area (Å²) in [7, 11) is 0. The topological polar surface area (TPSA) is 49.9 Å². The third-order valence-corrected chi connectivity index (χ3v) is 4.07. The first-order chi connectivity index (χ1) is 14.4. The van der Waals surface area contributed by atoms with Gasteiger partial charge in [0, 0.05) is 0 Å². The van der Waals surface area contributed by atoms with Crippen molar-refractivity contribution >= 4 is 5.71 Å². The average molecular weight is 514 g/mol. The van der Waals surface area contributed by atoms with E-state index in [9.17, 15) is 65.9 Å². The minimum absolute atomic E-state index is 0.368. The molecule has 0 amide bonds. The molecule has 1 rings (SSSR count). The van der Waals surface area contributed by atoms with E-state index in [1.165, 1.54) is 6.07 Å². The second kappa shape index (κ2) is 8.00. The maximum absolute atomic E-state index is 13.9. The number of nitrogens with one attached hydrogen (secondary N) is 1. The summed E-state index contributed by atoms with van der Waals surface area (Å²) >= 11 is 0. The molecule has 0 aromatic heterocycles. The Morgan fingerprint density at radius 2 is 0.970 bits per heavy atom. The Hall–Kier alpha value is -2.62. The predicted molar refractivity (Wildman–Crippen MR) is 81.3 cm³/mol. The highest BCUT2D eigenvalue weighted by Gasteiger charge is 2.93. The van der Waals surface area contributed by atoms with Gasteiger partial charge < -0.3 is 11.1 Å². The van der Waals surface area contributed by atoms with Crippen LogP contribution in [0.5, 0.6) is 0 Å². The Morgan fingerprint density at radius 1 is 0.606 bits per heavy atom. The molecule has 0 atom stereocenters. The zero-order chi connectivity index (χ0) is 26.5. The Bertz CT molecular complexity index is 900. The zero-order valence-corrected chi connectivity index (χ0v) is 15.2. The van der Waals surface area contributed by atoms with Crippen molar-refractivity contribution in [3.8, 4) is 0 Å². The zero-order valence-electron chi connectivity index (χ0n) is 15.2. The van der Waals surface area contributed by atoms with Crippen LogP contribution >= 0.6 is 0 Å². The molecule has 0 heterocycles. The minimum atomic E-state index is -8.39. The fraction of sp³-hybridized carbons (Fsp3) is 0.438. The Balaban J connectivity index is 3.57. The highest BCUT2D eigenvalue weighted by Crippen LogP contribution is 2.62. The molecule has 0 radical (unpaired) electrons. The van der Waals surface area contributed by atoms with Gasteiger partial charge in [-0.1, -0.05) is 30.3 Å². The van der Waals surface area contributed by atoms with Crippen LogP contribution in [-0.4, -0.2) is 47.4 Å². The van der Waals surface area contributed by atoms with E-state index in [2.05, 4.69) is 5.73 Å². The molecule has 0 saturated heterocycles. The highest BCUT2D eigenvalue weighted by molar-refractivity contribution is 6.06. The monoisotopic (exact) mass is 514 g/mol. The first-order valence-corrected chi connectivity index (χ1v) is 7.86. The molecule has 1 aromatic carbocycles. The fourth-order valence-electron chi connectivity index (χ4n) is 2.10. The SMILES string of the molecule is N=C(/C=C(\N)C(F)(F)C(F)(F)C(F)(F)C(F)(F)C(F)(F)C(F)(F)C(F)(F)F)c1ccccc1. The second-order valence-corrected chi connectivity index (χ2v) is 6.32. The molecule has 2 nitrogen and oxygen atoms in total. The van der Waals surface area contributed by atoms with Crippen LogP contribution in [0.2, 0.25) is 0 Å².